The van der Waals surface area contributed by atoms with Gasteiger partial charge in [0, 0.05) is 6.42 Å². The summed E-state index contributed by atoms with van der Waals surface area (Å²) in [7, 11) is 0. The van der Waals surface area contributed by atoms with Crippen LogP contribution in [0.25, 0.3) is 0 Å². The van der Waals surface area contributed by atoms with E-state index in [-0.39, 0.29) is 6.54 Å². The molecule has 0 aromatic carbocycles. The van der Waals surface area contributed by atoms with Crippen LogP contribution in [-0.2, 0) is 4.79 Å². The summed E-state index contributed by atoms with van der Waals surface area (Å²) in [5, 5.41) is 14.9. The molecule has 1 radical (unpaired) electrons. The maximum Gasteiger partial charge on any atom is 0.355 e. The Bertz CT molecular complexity index is 303. The van der Waals surface area contributed by atoms with Gasteiger partial charge in [0.25, 0.3) is 0 Å². The Morgan fingerprint density at radius 2 is 2.06 bits per heavy atom. The molecule has 3 amide bonds. The zero-order valence-electron chi connectivity index (χ0n) is 8.28. The summed E-state index contributed by atoms with van der Waals surface area (Å²) in [5.74, 6) is -0.586. The minimum atomic E-state index is -1.06. The van der Waals surface area contributed by atoms with Gasteiger partial charge in [-0.25, -0.2) is 4.79 Å². The van der Waals surface area contributed by atoms with Gasteiger partial charge in [-0.2, -0.15) is 0 Å². The van der Waals surface area contributed by atoms with E-state index in [2.05, 4.69) is 10.4 Å². The summed E-state index contributed by atoms with van der Waals surface area (Å²) in [5.41, 5.74) is 9.71. The monoisotopic (exact) mass is 231 g/mol. The van der Waals surface area contributed by atoms with Gasteiger partial charge in [-0.05, 0) is 12.8 Å². The van der Waals surface area contributed by atoms with Crippen molar-refractivity contribution < 1.29 is 14.6 Å². The number of carbonyl (C=O) groups excluding carboxylic acids is 2. The largest absolute Gasteiger partial charge is 0.369 e. The van der Waals surface area contributed by atoms with E-state index >= 15 is 0 Å². The van der Waals surface area contributed by atoms with Gasteiger partial charge in [0.15, 0.2) is 5.22 Å². The Labute approximate surface area is 90.4 Å². The maximum atomic E-state index is 10.7. The van der Waals surface area contributed by atoms with Crippen LogP contribution in [0, 0.1) is 16.5 Å². The molecule has 0 saturated carbocycles. The highest BCUT2D eigenvalue weighted by molar-refractivity contribution is 5.82. The highest BCUT2D eigenvalue weighted by Crippen LogP contribution is 1.99. The van der Waals surface area contributed by atoms with Crippen molar-refractivity contribution in [2.45, 2.75) is 12.8 Å². The molecule has 0 spiro atoms. The lowest BCUT2D eigenvalue weighted by Crippen LogP contribution is -2.32. The number of rotatable bonds is 7. The van der Waals surface area contributed by atoms with Crippen molar-refractivity contribution in [2.75, 3.05) is 6.54 Å². The zero-order chi connectivity index (χ0) is 12.6. The Hall–Kier alpha value is -2.26. The third kappa shape index (κ3) is 7.17. The molecule has 89 valence electrons. The first kappa shape index (κ1) is 13.7. The van der Waals surface area contributed by atoms with E-state index in [0.29, 0.717) is 17.9 Å². The molecule has 0 aliphatic carbocycles. The second-order valence-corrected chi connectivity index (χ2v) is 2.63. The fraction of sp³-hybridized carbons (Fsp3) is 0.500. The van der Waals surface area contributed by atoms with Gasteiger partial charge < -0.3 is 21.6 Å². The number of carbonyl (C=O) groups is 2. The molecule has 0 aromatic heterocycles. The van der Waals surface area contributed by atoms with Crippen LogP contribution >= 0.6 is 0 Å². The van der Waals surface area contributed by atoms with E-state index in [1.54, 1.807) is 0 Å². The van der Waals surface area contributed by atoms with E-state index in [1.165, 1.54) is 6.42 Å². The quantitative estimate of drug-likeness (QED) is 0.259. The molecule has 0 heterocycles. The van der Waals surface area contributed by atoms with Crippen LogP contribution in [0.1, 0.15) is 12.8 Å². The molecular formula is C6H11N6O4. The lowest BCUT2D eigenvalue weighted by Gasteiger charge is -2.04. The lowest BCUT2D eigenvalue weighted by atomic mass is 10.2. The van der Waals surface area contributed by atoms with Crippen molar-refractivity contribution in [1.29, 1.82) is 0 Å². The minimum Gasteiger partial charge on any atom is -0.369 e. The van der Waals surface area contributed by atoms with Crippen molar-refractivity contribution >= 4 is 11.9 Å². The standard InChI is InChI=1S/C6H11N6O4/c7-5(13)3-1-2-4-11(6(8)14)9-10-12(15)16/h3H,1-2,4H2,(H2,7,13)(H2,8,14). The lowest BCUT2D eigenvalue weighted by molar-refractivity contribution is -0.496. The predicted molar refractivity (Wildman–Crippen MR) is 50.9 cm³/mol. The molecule has 0 bridgehead atoms. The van der Waals surface area contributed by atoms with Gasteiger partial charge in [0.1, 0.15) is 0 Å². The van der Waals surface area contributed by atoms with Gasteiger partial charge in [0.05, 0.1) is 11.6 Å². The number of unbranched alkanes of at least 4 members (excludes halogenated alkanes) is 1. The number of nitrogens with zero attached hydrogens (tertiary/aromatic N) is 4. The summed E-state index contributed by atoms with van der Waals surface area (Å²) >= 11 is 0. The van der Waals surface area contributed by atoms with Crippen LogP contribution in [0.15, 0.2) is 10.4 Å². The van der Waals surface area contributed by atoms with E-state index in [4.69, 9.17) is 11.5 Å². The first-order valence-electron chi connectivity index (χ1n) is 4.19. The van der Waals surface area contributed by atoms with Crippen molar-refractivity contribution in [2.24, 2.45) is 21.9 Å². The van der Waals surface area contributed by atoms with Crippen LogP contribution in [0.2, 0.25) is 0 Å². The van der Waals surface area contributed by atoms with E-state index in [9.17, 15) is 19.7 Å². The zero-order valence-corrected chi connectivity index (χ0v) is 8.28. The number of hydrogen-bond donors (Lipinski definition) is 2. The third-order valence-electron chi connectivity index (χ3n) is 1.39. The normalized spacial score (nSPS) is 10.2. The molecule has 10 heteroatoms. The van der Waals surface area contributed by atoms with Gasteiger partial charge >= 0.3 is 6.03 Å². The Kier molecular flexibility index (Phi) is 6.09. The summed E-state index contributed by atoms with van der Waals surface area (Å²) in [6.45, 7) is 0.0104. The number of amides is 3. The molecule has 0 unspecified atom stereocenters. The topological polar surface area (TPSA) is 157 Å². The van der Waals surface area contributed by atoms with Crippen LogP contribution in [0.5, 0.6) is 0 Å². The summed E-state index contributed by atoms with van der Waals surface area (Å²) in [4.78, 5) is 30.9. The number of nitro groups is 1. The molecule has 16 heavy (non-hydrogen) atoms. The molecule has 4 N–H and O–H groups in total. The number of primary amides is 2. The van der Waals surface area contributed by atoms with Gasteiger partial charge in [-0.3, -0.25) is 4.79 Å². The fourth-order valence-corrected chi connectivity index (χ4v) is 0.765. The van der Waals surface area contributed by atoms with E-state index < -0.39 is 17.0 Å². The molecular weight excluding hydrogens is 220 g/mol. The molecule has 10 nitrogen and oxygen atoms in total. The average molecular weight is 231 g/mol. The summed E-state index contributed by atoms with van der Waals surface area (Å²) in [6, 6.07) is -0.968. The number of hydrogen-bond acceptors (Lipinski definition) is 5. The van der Waals surface area contributed by atoms with Crippen molar-refractivity contribution in [1.82, 2.24) is 5.01 Å². The second kappa shape index (κ2) is 7.09. The number of urea groups is 1. The molecule has 0 atom stereocenters. The fourth-order valence-electron chi connectivity index (χ4n) is 0.765. The molecule has 0 rings (SSSR count). The maximum absolute atomic E-state index is 10.7. The van der Waals surface area contributed by atoms with Crippen molar-refractivity contribution in [3.8, 4) is 0 Å². The summed E-state index contributed by atoms with van der Waals surface area (Å²) < 4.78 is 0. The van der Waals surface area contributed by atoms with E-state index in [0.717, 1.165) is 0 Å². The van der Waals surface area contributed by atoms with Gasteiger partial charge in [-0.15, -0.1) is 0 Å². The van der Waals surface area contributed by atoms with Crippen LogP contribution in [-0.4, -0.2) is 28.5 Å². The second-order valence-electron chi connectivity index (χ2n) is 2.63. The van der Waals surface area contributed by atoms with Crippen molar-refractivity contribution in [3.63, 3.8) is 0 Å². The first-order valence-corrected chi connectivity index (χ1v) is 4.19. The number of nitrogens with two attached hydrogens (primary N) is 2. The van der Waals surface area contributed by atoms with Crippen molar-refractivity contribution in [3.05, 3.63) is 16.5 Å². The van der Waals surface area contributed by atoms with Crippen LogP contribution in [0.3, 0.4) is 0 Å². The predicted octanol–water partition coefficient (Wildman–Crippen LogP) is -0.604. The SMILES string of the molecule is NC(=O)[CH]CCCN(N=N[N+](=O)[O-])C(N)=O. The molecule has 0 aliphatic rings. The Balaban J connectivity index is 4.00. The average Bonchev–Trinajstić information content (AvgIpc) is 2.15. The Morgan fingerprint density at radius 3 is 2.50 bits per heavy atom. The molecule has 0 aromatic rings. The van der Waals surface area contributed by atoms with Gasteiger partial charge in [0.2, 0.25) is 11.1 Å². The highest BCUT2D eigenvalue weighted by Gasteiger charge is 2.14. The molecule has 0 saturated heterocycles. The highest BCUT2D eigenvalue weighted by atomic mass is 16.7. The van der Waals surface area contributed by atoms with Crippen LogP contribution < -0.4 is 11.5 Å². The van der Waals surface area contributed by atoms with E-state index in [1.807, 2.05) is 0 Å². The molecule has 0 fully saturated rings. The first-order chi connectivity index (χ1) is 7.43. The molecule has 0 aliphatic heterocycles. The Morgan fingerprint density at radius 1 is 1.44 bits per heavy atom. The van der Waals surface area contributed by atoms with Crippen LogP contribution in [0.4, 0.5) is 4.79 Å². The smallest absolute Gasteiger partial charge is 0.355 e. The third-order valence-corrected chi connectivity index (χ3v) is 1.39. The summed E-state index contributed by atoms with van der Waals surface area (Å²) in [6.07, 6.45) is 1.86. The van der Waals surface area contributed by atoms with Gasteiger partial charge in [-0.1, -0.05) is 5.01 Å². The minimum absolute atomic E-state index is 0.0104.